The van der Waals surface area contributed by atoms with Crippen LogP contribution in [0, 0.1) is 0 Å². The number of carboxylic acid groups (broad SMARTS) is 1. The van der Waals surface area contributed by atoms with Crippen molar-refractivity contribution in [3.05, 3.63) is 28.2 Å². The van der Waals surface area contributed by atoms with Crippen LogP contribution >= 0.6 is 23.2 Å². The lowest BCUT2D eigenvalue weighted by atomic mass is 10.3. The van der Waals surface area contributed by atoms with Gasteiger partial charge in [-0.15, -0.1) is 0 Å². The summed E-state index contributed by atoms with van der Waals surface area (Å²) in [6.07, 6.45) is 0.395. The van der Waals surface area contributed by atoms with Gasteiger partial charge in [-0.1, -0.05) is 29.3 Å². The second-order valence-electron chi connectivity index (χ2n) is 2.70. The van der Waals surface area contributed by atoms with Gasteiger partial charge >= 0.3 is 5.97 Å². The predicted octanol–water partition coefficient (Wildman–Crippen LogP) is 2.04. The Balaban J connectivity index is 3.06. The molecule has 0 radical (unpaired) electrons. The predicted molar refractivity (Wildman–Crippen MR) is 57.5 cm³/mol. The molecular weight excluding hydrogens is 241 g/mol. The van der Waals surface area contributed by atoms with E-state index in [9.17, 15) is 9.59 Å². The van der Waals surface area contributed by atoms with Crippen LogP contribution in [0.2, 0.25) is 10.0 Å². The van der Waals surface area contributed by atoms with E-state index in [1.807, 2.05) is 0 Å². The number of halogens is 2. The Morgan fingerprint density at radius 2 is 2.13 bits per heavy atom. The molecule has 0 unspecified atom stereocenters. The number of hydrogen-bond donors (Lipinski definition) is 1. The minimum atomic E-state index is -1.13. The summed E-state index contributed by atoms with van der Waals surface area (Å²) in [6, 6.07) is 4.66. The van der Waals surface area contributed by atoms with Gasteiger partial charge in [0.15, 0.2) is 0 Å². The lowest BCUT2D eigenvalue weighted by Gasteiger charge is -2.16. The van der Waals surface area contributed by atoms with E-state index in [0.717, 1.165) is 4.90 Å². The molecule has 4 nitrogen and oxygen atoms in total. The Morgan fingerprint density at radius 3 is 2.67 bits per heavy atom. The maximum atomic E-state index is 10.7. The molecule has 0 aromatic heterocycles. The summed E-state index contributed by atoms with van der Waals surface area (Å²) in [5, 5.41) is 8.99. The molecule has 1 N–H and O–H groups in total. The number of carboxylic acids is 1. The van der Waals surface area contributed by atoms with Crippen molar-refractivity contribution in [2.75, 3.05) is 11.4 Å². The van der Waals surface area contributed by atoms with Gasteiger partial charge < -0.3 is 10.0 Å². The van der Waals surface area contributed by atoms with E-state index >= 15 is 0 Å². The van der Waals surface area contributed by atoms with Gasteiger partial charge in [0.05, 0.1) is 15.7 Å². The highest BCUT2D eigenvalue weighted by Gasteiger charge is 2.14. The third kappa shape index (κ3) is 2.84. The average Bonchev–Trinajstić information content (AvgIpc) is 2.19. The molecule has 0 atom stereocenters. The second-order valence-corrected chi connectivity index (χ2v) is 3.49. The SMILES string of the molecule is O=CN(CC(=O)O)c1cccc(Cl)c1Cl. The van der Waals surface area contributed by atoms with Gasteiger partial charge in [0.1, 0.15) is 6.54 Å². The highest BCUT2D eigenvalue weighted by atomic mass is 35.5. The number of nitrogens with zero attached hydrogens (tertiary/aromatic N) is 1. The number of rotatable bonds is 4. The molecule has 6 heteroatoms. The largest absolute Gasteiger partial charge is 0.480 e. The lowest BCUT2D eigenvalue weighted by molar-refractivity contribution is -0.136. The van der Waals surface area contributed by atoms with Crippen molar-refractivity contribution in [2.24, 2.45) is 0 Å². The van der Waals surface area contributed by atoms with Crippen molar-refractivity contribution in [2.45, 2.75) is 0 Å². The van der Waals surface area contributed by atoms with Crippen LogP contribution in [0.5, 0.6) is 0 Å². The number of carbonyl (C=O) groups excluding carboxylic acids is 1. The zero-order chi connectivity index (χ0) is 11.4. The maximum absolute atomic E-state index is 10.7. The Morgan fingerprint density at radius 1 is 1.47 bits per heavy atom. The van der Waals surface area contributed by atoms with Crippen LogP contribution < -0.4 is 4.90 Å². The number of hydrogen-bond acceptors (Lipinski definition) is 2. The van der Waals surface area contributed by atoms with Crippen LogP contribution in [-0.4, -0.2) is 24.0 Å². The number of anilines is 1. The van der Waals surface area contributed by atoms with E-state index < -0.39 is 12.5 Å². The summed E-state index contributed by atoms with van der Waals surface area (Å²) < 4.78 is 0. The van der Waals surface area contributed by atoms with Gasteiger partial charge in [0.2, 0.25) is 6.41 Å². The van der Waals surface area contributed by atoms with Crippen molar-refractivity contribution in [3.63, 3.8) is 0 Å². The summed E-state index contributed by atoms with van der Waals surface area (Å²) in [4.78, 5) is 22.1. The summed E-state index contributed by atoms with van der Waals surface area (Å²) >= 11 is 11.6. The molecule has 0 bridgehead atoms. The van der Waals surface area contributed by atoms with Crippen LogP contribution in [0.25, 0.3) is 0 Å². The van der Waals surface area contributed by atoms with Crippen molar-refractivity contribution in [3.8, 4) is 0 Å². The van der Waals surface area contributed by atoms with Gasteiger partial charge in [0, 0.05) is 0 Å². The lowest BCUT2D eigenvalue weighted by Crippen LogP contribution is -2.28. The third-order valence-corrected chi connectivity index (χ3v) is 2.48. The first-order valence-corrected chi connectivity index (χ1v) is 4.69. The number of amides is 1. The molecule has 0 fully saturated rings. The molecule has 0 aliphatic heterocycles. The standard InChI is InChI=1S/C9H7Cl2NO3/c10-6-2-1-3-7(9(6)11)12(5-13)4-8(14)15/h1-3,5H,4H2,(H,14,15). The maximum Gasteiger partial charge on any atom is 0.323 e. The molecule has 15 heavy (non-hydrogen) atoms. The molecule has 1 aromatic carbocycles. The van der Waals surface area contributed by atoms with E-state index in [4.69, 9.17) is 28.3 Å². The van der Waals surface area contributed by atoms with Gasteiger partial charge in [-0.2, -0.15) is 0 Å². The Hall–Kier alpha value is -1.26. The Bertz CT molecular complexity index is 395. The minimum absolute atomic E-state index is 0.160. The molecule has 0 heterocycles. The van der Waals surface area contributed by atoms with Gasteiger partial charge in [-0.25, -0.2) is 0 Å². The molecule has 0 saturated heterocycles. The second kappa shape index (κ2) is 5.00. The number of benzene rings is 1. The molecule has 1 amide bonds. The fourth-order valence-electron chi connectivity index (χ4n) is 1.04. The minimum Gasteiger partial charge on any atom is -0.480 e. The topological polar surface area (TPSA) is 57.6 Å². The zero-order valence-corrected chi connectivity index (χ0v) is 9.00. The van der Waals surface area contributed by atoms with E-state index in [1.54, 1.807) is 12.1 Å². The van der Waals surface area contributed by atoms with Crippen molar-refractivity contribution in [1.82, 2.24) is 0 Å². The van der Waals surface area contributed by atoms with Crippen LogP contribution in [0.3, 0.4) is 0 Å². The van der Waals surface area contributed by atoms with E-state index in [0.29, 0.717) is 6.41 Å². The first-order valence-electron chi connectivity index (χ1n) is 3.94. The van der Waals surface area contributed by atoms with Crippen LogP contribution in [-0.2, 0) is 9.59 Å². The molecule has 0 aliphatic rings. The zero-order valence-electron chi connectivity index (χ0n) is 7.48. The molecule has 80 valence electrons. The smallest absolute Gasteiger partial charge is 0.323 e. The Kier molecular flexibility index (Phi) is 3.94. The fourth-order valence-corrected chi connectivity index (χ4v) is 1.44. The van der Waals surface area contributed by atoms with Crippen molar-refractivity contribution >= 4 is 41.3 Å². The number of carbonyl (C=O) groups is 2. The average molecular weight is 248 g/mol. The molecule has 0 spiro atoms. The summed E-state index contributed by atoms with van der Waals surface area (Å²) in [5.74, 6) is -1.13. The third-order valence-electron chi connectivity index (χ3n) is 1.67. The number of aliphatic carboxylic acids is 1. The first kappa shape index (κ1) is 11.8. The van der Waals surface area contributed by atoms with Crippen LogP contribution in [0.1, 0.15) is 0 Å². The highest BCUT2D eigenvalue weighted by molar-refractivity contribution is 6.43. The summed E-state index contributed by atoms with van der Waals surface area (Å²) in [5.41, 5.74) is 0.279. The van der Waals surface area contributed by atoms with Crippen LogP contribution in [0.4, 0.5) is 5.69 Å². The first-order chi connectivity index (χ1) is 7.06. The van der Waals surface area contributed by atoms with Crippen molar-refractivity contribution < 1.29 is 14.7 Å². The summed E-state index contributed by atoms with van der Waals surface area (Å²) in [7, 11) is 0. The molecule has 1 aromatic rings. The van der Waals surface area contributed by atoms with Gasteiger partial charge in [-0.3, -0.25) is 9.59 Å². The van der Waals surface area contributed by atoms with E-state index in [1.165, 1.54) is 6.07 Å². The monoisotopic (exact) mass is 247 g/mol. The Labute approximate surface area is 96.0 Å². The molecule has 0 aliphatic carbocycles. The van der Waals surface area contributed by atoms with E-state index in [2.05, 4.69) is 0 Å². The fraction of sp³-hybridized carbons (Fsp3) is 0.111. The molecule has 0 saturated carbocycles. The quantitative estimate of drug-likeness (QED) is 0.829. The van der Waals surface area contributed by atoms with E-state index in [-0.39, 0.29) is 15.7 Å². The van der Waals surface area contributed by atoms with Crippen LogP contribution in [0.15, 0.2) is 18.2 Å². The van der Waals surface area contributed by atoms with Gasteiger partial charge in [-0.05, 0) is 12.1 Å². The van der Waals surface area contributed by atoms with Gasteiger partial charge in [0.25, 0.3) is 0 Å². The highest BCUT2D eigenvalue weighted by Crippen LogP contribution is 2.31. The molecular formula is C9H7Cl2NO3. The summed E-state index contributed by atoms with van der Waals surface area (Å²) in [6.45, 7) is -0.455. The normalized spacial score (nSPS) is 9.73. The molecule has 1 rings (SSSR count). The van der Waals surface area contributed by atoms with Crippen molar-refractivity contribution in [1.29, 1.82) is 0 Å².